The van der Waals surface area contributed by atoms with Gasteiger partial charge in [0.25, 0.3) is 5.91 Å². The van der Waals surface area contributed by atoms with E-state index >= 15 is 0 Å². The number of aromatic amines is 1. The van der Waals surface area contributed by atoms with Crippen molar-refractivity contribution in [3.8, 4) is 5.75 Å². The third-order valence-corrected chi connectivity index (χ3v) is 2.69. The number of nitrogens with one attached hydrogen (secondary N) is 2. The number of benzene rings is 1. The second-order valence-corrected chi connectivity index (χ2v) is 5.12. The lowest BCUT2D eigenvalue weighted by Crippen LogP contribution is -2.17. The topological polar surface area (TPSA) is 71.2 Å². The van der Waals surface area contributed by atoms with Crippen molar-refractivity contribution in [2.45, 2.75) is 13.8 Å². The van der Waals surface area contributed by atoms with Crippen LogP contribution in [0.1, 0.15) is 24.3 Å². The van der Waals surface area contributed by atoms with Crippen LogP contribution in [0.5, 0.6) is 5.75 Å². The average molecular weight is 286 g/mol. The first-order chi connectivity index (χ1) is 10.0. The molecule has 1 aromatic heterocycles. The Labute approximate surface area is 123 Å². The Balaban J connectivity index is 2.07. The molecular formula is C16H18N2O3. The molecule has 5 nitrogen and oxygen atoms in total. The smallest absolute Gasteiger partial charge is 0.272 e. The molecule has 5 heteroatoms. The van der Waals surface area contributed by atoms with E-state index in [9.17, 15) is 9.59 Å². The van der Waals surface area contributed by atoms with Crippen molar-refractivity contribution in [2.24, 2.45) is 5.92 Å². The summed E-state index contributed by atoms with van der Waals surface area (Å²) in [7, 11) is 0. The fourth-order valence-corrected chi connectivity index (χ4v) is 1.71. The largest absolute Gasteiger partial charge is 0.493 e. The SMILES string of the molecule is CC(C)COc1cccc(NC(=O)c2cccc(=O)[nH]2)c1. The Morgan fingerprint density at radius 3 is 2.71 bits per heavy atom. The third kappa shape index (κ3) is 4.49. The second kappa shape index (κ2) is 6.74. The van der Waals surface area contributed by atoms with Gasteiger partial charge in [0.15, 0.2) is 0 Å². The molecule has 0 atom stereocenters. The average Bonchev–Trinajstić information content (AvgIpc) is 2.45. The highest BCUT2D eigenvalue weighted by molar-refractivity contribution is 6.02. The molecule has 0 fully saturated rings. The maximum absolute atomic E-state index is 12.0. The summed E-state index contributed by atoms with van der Waals surface area (Å²) >= 11 is 0. The summed E-state index contributed by atoms with van der Waals surface area (Å²) < 4.78 is 5.61. The zero-order chi connectivity index (χ0) is 15.2. The van der Waals surface area contributed by atoms with Crippen LogP contribution >= 0.6 is 0 Å². The first-order valence-corrected chi connectivity index (χ1v) is 6.78. The standard InChI is InChI=1S/C16H18N2O3/c1-11(2)10-21-13-6-3-5-12(9-13)17-16(20)14-7-4-8-15(19)18-14/h3-9,11H,10H2,1-2H3,(H,17,20)(H,18,19). The Bertz CT molecular complexity index is 677. The van der Waals surface area contributed by atoms with E-state index in [-0.39, 0.29) is 17.2 Å². The van der Waals surface area contributed by atoms with Gasteiger partial charge in [-0.15, -0.1) is 0 Å². The van der Waals surface area contributed by atoms with Gasteiger partial charge in [0.2, 0.25) is 5.56 Å². The highest BCUT2D eigenvalue weighted by Gasteiger charge is 2.07. The van der Waals surface area contributed by atoms with Crippen LogP contribution < -0.4 is 15.6 Å². The highest BCUT2D eigenvalue weighted by Crippen LogP contribution is 2.18. The van der Waals surface area contributed by atoms with E-state index in [4.69, 9.17) is 4.74 Å². The van der Waals surface area contributed by atoms with E-state index in [1.165, 1.54) is 12.1 Å². The molecule has 1 aromatic carbocycles. The number of ether oxygens (including phenoxy) is 1. The number of amides is 1. The number of carbonyl (C=O) groups excluding carboxylic acids is 1. The molecule has 0 saturated carbocycles. The number of rotatable bonds is 5. The minimum absolute atomic E-state index is 0.219. The molecule has 0 aliphatic rings. The highest BCUT2D eigenvalue weighted by atomic mass is 16.5. The molecule has 2 N–H and O–H groups in total. The Kier molecular flexibility index (Phi) is 4.77. The van der Waals surface area contributed by atoms with Gasteiger partial charge < -0.3 is 15.0 Å². The van der Waals surface area contributed by atoms with Gasteiger partial charge in [0.05, 0.1) is 6.61 Å². The third-order valence-electron chi connectivity index (χ3n) is 2.69. The summed E-state index contributed by atoms with van der Waals surface area (Å²) in [5, 5.41) is 2.72. The number of H-pyrrole nitrogens is 1. The van der Waals surface area contributed by atoms with Crippen LogP contribution in [-0.2, 0) is 0 Å². The van der Waals surface area contributed by atoms with Crippen molar-refractivity contribution in [3.05, 3.63) is 58.5 Å². The molecule has 1 amide bonds. The van der Waals surface area contributed by atoms with Crippen LogP contribution in [0.15, 0.2) is 47.3 Å². The van der Waals surface area contributed by atoms with Crippen molar-refractivity contribution in [1.29, 1.82) is 0 Å². The van der Waals surface area contributed by atoms with Crippen LogP contribution in [-0.4, -0.2) is 17.5 Å². The van der Waals surface area contributed by atoms with Gasteiger partial charge in [-0.05, 0) is 24.1 Å². The fraction of sp³-hybridized carbons (Fsp3) is 0.250. The van der Waals surface area contributed by atoms with Gasteiger partial charge in [0.1, 0.15) is 11.4 Å². The predicted molar refractivity (Wildman–Crippen MR) is 81.8 cm³/mol. The quantitative estimate of drug-likeness (QED) is 0.887. The minimum Gasteiger partial charge on any atom is -0.493 e. The lowest BCUT2D eigenvalue weighted by atomic mass is 10.2. The first kappa shape index (κ1) is 14.8. The first-order valence-electron chi connectivity index (χ1n) is 6.78. The number of hydrogen-bond donors (Lipinski definition) is 2. The van der Waals surface area contributed by atoms with E-state index in [2.05, 4.69) is 24.1 Å². The molecule has 0 aliphatic heterocycles. The molecule has 0 aliphatic carbocycles. The molecule has 2 aromatic rings. The Morgan fingerprint density at radius 1 is 1.24 bits per heavy atom. The van der Waals surface area contributed by atoms with Crippen molar-refractivity contribution >= 4 is 11.6 Å². The van der Waals surface area contributed by atoms with E-state index in [1.807, 2.05) is 6.07 Å². The normalized spacial score (nSPS) is 10.4. The van der Waals surface area contributed by atoms with Crippen molar-refractivity contribution in [3.63, 3.8) is 0 Å². The molecular weight excluding hydrogens is 268 g/mol. The Morgan fingerprint density at radius 2 is 2.00 bits per heavy atom. The van der Waals surface area contributed by atoms with Crippen LogP contribution in [0.3, 0.4) is 0 Å². The van der Waals surface area contributed by atoms with Crippen molar-refractivity contribution < 1.29 is 9.53 Å². The van der Waals surface area contributed by atoms with E-state index in [1.54, 1.807) is 24.3 Å². The number of aromatic nitrogens is 1. The van der Waals surface area contributed by atoms with Gasteiger partial charge >= 0.3 is 0 Å². The van der Waals surface area contributed by atoms with Crippen molar-refractivity contribution in [2.75, 3.05) is 11.9 Å². The van der Waals surface area contributed by atoms with Gasteiger partial charge in [-0.3, -0.25) is 9.59 Å². The number of pyridine rings is 1. The molecule has 21 heavy (non-hydrogen) atoms. The maximum atomic E-state index is 12.0. The molecule has 1 heterocycles. The van der Waals surface area contributed by atoms with E-state index in [0.29, 0.717) is 24.0 Å². The summed E-state index contributed by atoms with van der Waals surface area (Å²) in [4.78, 5) is 25.7. The van der Waals surface area contributed by atoms with Crippen molar-refractivity contribution in [1.82, 2.24) is 4.98 Å². The monoisotopic (exact) mass is 286 g/mol. The predicted octanol–water partition coefficient (Wildman–Crippen LogP) is 2.66. The zero-order valence-electron chi connectivity index (χ0n) is 12.1. The van der Waals surface area contributed by atoms with Gasteiger partial charge in [-0.1, -0.05) is 26.0 Å². The summed E-state index contributed by atoms with van der Waals surface area (Å²) in [5.41, 5.74) is 0.527. The molecule has 0 saturated heterocycles. The molecule has 0 spiro atoms. The molecule has 2 rings (SSSR count). The van der Waals surface area contributed by atoms with E-state index in [0.717, 1.165) is 0 Å². The van der Waals surface area contributed by atoms with Crippen LogP contribution in [0.2, 0.25) is 0 Å². The van der Waals surface area contributed by atoms with Gasteiger partial charge in [-0.25, -0.2) is 0 Å². The maximum Gasteiger partial charge on any atom is 0.272 e. The van der Waals surface area contributed by atoms with Gasteiger partial charge in [0, 0.05) is 17.8 Å². The molecule has 0 bridgehead atoms. The van der Waals surface area contributed by atoms with Crippen LogP contribution in [0, 0.1) is 5.92 Å². The minimum atomic E-state index is -0.367. The summed E-state index contributed by atoms with van der Waals surface area (Å²) in [5.74, 6) is 0.759. The number of carbonyl (C=O) groups is 1. The zero-order valence-corrected chi connectivity index (χ0v) is 12.1. The fourth-order valence-electron chi connectivity index (χ4n) is 1.71. The molecule has 110 valence electrons. The van der Waals surface area contributed by atoms with Crippen LogP contribution in [0.25, 0.3) is 0 Å². The molecule has 0 radical (unpaired) electrons. The summed E-state index contributed by atoms with van der Waals surface area (Å²) in [6.07, 6.45) is 0. The Hall–Kier alpha value is -2.56. The number of hydrogen-bond acceptors (Lipinski definition) is 3. The lowest BCUT2D eigenvalue weighted by Gasteiger charge is -2.10. The second-order valence-electron chi connectivity index (χ2n) is 5.12. The number of anilines is 1. The lowest BCUT2D eigenvalue weighted by molar-refractivity contribution is 0.102. The van der Waals surface area contributed by atoms with Crippen LogP contribution in [0.4, 0.5) is 5.69 Å². The molecule has 0 unspecified atom stereocenters. The van der Waals surface area contributed by atoms with E-state index < -0.39 is 0 Å². The summed E-state index contributed by atoms with van der Waals surface area (Å²) in [6, 6.07) is 11.6. The van der Waals surface area contributed by atoms with Gasteiger partial charge in [-0.2, -0.15) is 0 Å². The summed E-state index contributed by atoms with van der Waals surface area (Å²) in [6.45, 7) is 4.75.